The molecule has 0 atom stereocenters. The third-order valence-corrected chi connectivity index (χ3v) is 5.21. The van der Waals surface area contributed by atoms with Gasteiger partial charge in [-0.15, -0.1) is 10.2 Å². The van der Waals surface area contributed by atoms with E-state index in [1.54, 1.807) is 12.1 Å². The standard InChI is InChI=1S/C21H17FN4O2S/c1-12(2)13-6-8-14(9-7-13)20-24-25-21(29-20)23-19(27)18-11-17(26-28-18)15-4-3-5-16(22)10-15/h3-12H,1-2H3,(H,23,25,27). The first-order valence-corrected chi connectivity index (χ1v) is 9.79. The van der Waals surface area contributed by atoms with Gasteiger partial charge in [-0.05, 0) is 23.6 Å². The van der Waals surface area contributed by atoms with E-state index in [-0.39, 0.29) is 11.6 Å². The summed E-state index contributed by atoms with van der Waals surface area (Å²) in [4.78, 5) is 12.4. The minimum absolute atomic E-state index is 0.00213. The van der Waals surface area contributed by atoms with E-state index in [4.69, 9.17) is 4.52 Å². The Morgan fingerprint density at radius 2 is 1.86 bits per heavy atom. The zero-order valence-electron chi connectivity index (χ0n) is 15.7. The molecule has 0 spiro atoms. The predicted molar refractivity (Wildman–Crippen MR) is 109 cm³/mol. The first-order chi connectivity index (χ1) is 14.0. The SMILES string of the molecule is CC(C)c1ccc(-c2nnc(NC(=O)c3cc(-c4cccc(F)c4)no3)s2)cc1. The number of carbonyl (C=O) groups is 1. The maximum absolute atomic E-state index is 13.4. The Labute approximate surface area is 170 Å². The third kappa shape index (κ3) is 4.22. The number of rotatable bonds is 5. The molecule has 1 amide bonds. The molecule has 4 rings (SSSR count). The van der Waals surface area contributed by atoms with Gasteiger partial charge in [-0.2, -0.15) is 0 Å². The molecule has 1 N–H and O–H groups in total. The number of hydrogen-bond donors (Lipinski definition) is 1. The molecule has 0 aliphatic rings. The van der Waals surface area contributed by atoms with Gasteiger partial charge in [0, 0.05) is 17.2 Å². The van der Waals surface area contributed by atoms with Crippen LogP contribution in [-0.4, -0.2) is 21.3 Å². The molecular weight excluding hydrogens is 391 g/mol. The van der Waals surface area contributed by atoms with Crippen LogP contribution in [0.5, 0.6) is 0 Å². The molecule has 0 aliphatic heterocycles. The van der Waals surface area contributed by atoms with Crippen LogP contribution in [0.25, 0.3) is 21.8 Å². The molecule has 0 fully saturated rings. The van der Waals surface area contributed by atoms with E-state index in [1.165, 1.54) is 35.1 Å². The van der Waals surface area contributed by atoms with Gasteiger partial charge in [0.05, 0.1) is 0 Å². The number of benzene rings is 2. The van der Waals surface area contributed by atoms with Crippen LogP contribution >= 0.6 is 11.3 Å². The first kappa shape index (κ1) is 18.9. The molecule has 0 saturated heterocycles. The van der Waals surface area contributed by atoms with Gasteiger partial charge in [0.25, 0.3) is 5.91 Å². The van der Waals surface area contributed by atoms with E-state index in [0.717, 1.165) is 5.56 Å². The van der Waals surface area contributed by atoms with E-state index < -0.39 is 5.91 Å². The molecule has 0 bridgehead atoms. The van der Waals surface area contributed by atoms with Crippen molar-refractivity contribution in [3.8, 4) is 21.8 Å². The van der Waals surface area contributed by atoms with Crippen LogP contribution < -0.4 is 5.32 Å². The van der Waals surface area contributed by atoms with Crippen molar-refractivity contribution < 1.29 is 13.7 Å². The van der Waals surface area contributed by atoms with Gasteiger partial charge in [0.15, 0.2) is 0 Å². The van der Waals surface area contributed by atoms with Gasteiger partial charge in [-0.3, -0.25) is 10.1 Å². The molecule has 146 valence electrons. The minimum Gasteiger partial charge on any atom is -0.350 e. The minimum atomic E-state index is -0.502. The molecule has 2 heterocycles. The van der Waals surface area contributed by atoms with Crippen molar-refractivity contribution in [1.29, 1.82) is 0 Å². The van der Waals surface area contributed by atoms with E-state index in [9.17, 15) is 9.18 Å². The fraction of sp³-hybridized carbons (Fsp3) is 0.143. The van der Waals surface area contributed by atoms with Gasteiger partial charge in [0.2, 0.25) is 10.9 Å². The van der Waals surface area contributed by atoms with Crippen molar-refractivity contribution in [2.75, 3.05) is 5.32 Å². The molecule has 2 aromatic carbocycles. The smallest absolute Gasteiger partial charge is 0.296 e. The van der Waals surface area contributed by atoms with Gasteiger partial charge in [-0.25, -0.2) is 4.39 Å². The van der Waals surface area contributed by atoms with Gasteiger partial charge < -0.3 is 4.52 Å². The van der Waals surface area contributed by atoms with Crippen LogP contribution in [0.2, 0.25) is 0 Å². The van der Waals surface area contributed by atoms with Crippen molar-refractivity contribution >= 4 is 22.4 Å². The van der Waals surface area contributed by atoms with Crippen LogP contribution in [0.15, 0.2) is 59.1 Å². The van der Waals surface area contributed by atoms with Crippen molar-refractivity contribution in [1.82, 2.24) is 15.4 Å². The maximum atomic E-state index is 13.4. The molecule has 0 unspecified atom stereocenters. The number of carbonyl (C=O) groups excluding carboxylic acids is 1. The van der Waals surface area contributed by atoms with E-state index in [0.29, 0.717) is 27.3 Å². The maximum Gasteiger partial charge on any atom is 0.296 e. The van der Waals surface area contributed by atoms with E-state index in [2.05, 4.69) is 46.7 Å². The average Bonchev–Trinajstić information content (AvgIpc) is 3.38. The summed E-state index contributed by atoms with van der Waals surface area (Å²) in [5.74, 6) is -0.438. The van der Waals surface area contributed by atoms with Crippen molar-refractivity contribution in [3.05, 3.63) is 71.7 Å². The number of nitrogens with zero attached hydrogens (tertiary/aromatic N) is 3. The van der Waals surface area contributed by atoms with Gasteiger partial charge >= 0.3 is 0 Å². The quantitative estimate of drug-likeness (QED) is 0.480. The molecular formula is C21H17FN4O2S. The fourth-order valence-electron chi connectivity index (χ4n) is 2.73. The second-order valence-corrected chi connectivity index (χ2v) is 7.71. The Bertz CT molecular complexity index is 1150. The second kappa shape index (κ2) is 7.92. The zero-order valence-corrected chi connectivity index (χ0v) is 16.5. The zero-order chi connectivity index (χ0) is 20.4. The predicted octanol–water partition coefficient (Wildman–Crippen LogP) is 5.37. The summed E-state index contributed by atoms with van der Waals surface area (Å²) in [5, 5.41) is 15.7. The second-order valence-electron chi connectivity index (χ2n) is 6.73. The Balaban J connectivity index is 1.47. The molecule has 4 aromatic rings. The fourth-order valence-corrected chi connectivity index (χ4v) is 3.47. The summed E-state index contributed by atoms with van der Waals surface area (Å²) in [6, 6.07) is 15.5. The number of halogens is 1. The summed E-state index contributed by atoms with van der Waals surface area (Å²) < 4.78 is 18.4. The van der Waals surface area contributed by atoms with Crippen LogP contribution in [-0.2, 0) is 0 Å². The molecule has 0 aliphatic carbocycles. The molecule has 2 aromatic heterocycles. The largest absolute Gasteiger partial charge is 0.350 e. The summed E-state index contributed by atoms with van der Waals surface area (Å²) in [5.41, 5.74) is 3.07. The van der Waals surface area contributed by atoms with Crippen LogP contribution in [0.4, 0.5) is 9.52 Å². The Kier molecular flexibility index (Phi) is 5.18. The summed E-state index contributed by atoms with van der Waals surface area (Å²) in [7, 11) is 0. The Hall–Kier alpha value is -3.39. The summed E-state index contributed by atoms with van der Waals surface area (Å²) >= 11 is 1.26. The van der Waals surface area contributed by atoms with Crippen molar-refractivity contribution in [2.45, 2.75) is 19.8 Å². The lowest BCUT2D eigenvalue weighted by Crippen LogP contribution is -2.10. The third-order valence-electron chi connectivity index (χ3n) is 4.32. The van der Waals surface area contributed by atoms with E-state index >= 15 is 0 Å². The monoisotopic (exact) mass is 408 g/mol. The lowest BCUT2D eigenvalue weighted by atomic mass is 10.0. The number of nitrogens with one attached hydrogen (secondary N) is 1. The highest BCUT2D eigenvalue weighted by molar-refractivity contribution is 7.18. The number of amides is 1. The van der Waals surface area contributed by atoms with Crippen molar-refractivity contribution in [3.63, 3.8) is 0 Å². The van der Waals surface area contributed by atoms with Crippen LogP contribution in [0.3, 0.4) is 0 Å². The summed E-state index contributed by atoms with van der Waals surface area (Å²) in [6.07, 6.45) is 0. The lowest BCUT2D eigenvalue weighted by molar-refractivity contribution is 0.0988. The normalized spacial score (nSPS) is 11.0. The van der Waals surface area contributed by atoms with Crippen LogP contribution in [0.1, 0.15) is 35.9 Å². The molecule has 8 heteroatoms. The van der Waals surface area contributed by atoms with Gasteiger partial charge in [-0.1, -0.05) is 66.7 Å². The topological polar surface area (TPSA) is 80.9 Å². The van der Waals surface area contributed by atoms with E-state index in [1.807, 2.05) is 12.1 Å². The Morgan fingerprint density at radius 1 is 1.07 bits per heavy atom. The first-order valence-electron chi connectivity index (χ1n) is 8.97. The molecule has 29 heavy (non-hydrogen) atoms. The number of hydrogen-bond acceptors (Lipinski definition) is 6. The molecule has 0 radical (unpaired) electrons. The average molecular weight is 408 g/mol. The lowest BCUT2D eigenvalue weighted by Gasteiger charge is -2.04. The highest BCUT2D eigenvalue weighted by Crippen LogP contribution is 2.28. The number of anilines is 1. The van der Waals surface area contributed by atoms with Gasteiger partial charge in [0.1, 0.15) is 16.5 Å². The Morgan fingerprint density at radius 3 is 2.59 bits per heavy atom. The molecule has 0 saturated carbocycles. The highest BCUT2D eigenvalue weighted by Gasteiger charge is 2.17. The van der Waals surface area contributed by atoms with Crippen molar-refractivity contribution in [2.24, 2.45) is 0 Å². The van der Waals surface area contributed by atoms with Crippen LogP contribution in [0, 0.1) is 5.82 Å². The summed E-state index contributed by atoms with van der Waals surface area (Å²) in [6.45, 7) is 4.27. The molecule has 6 nitrogen and oxygen atoms in total. The highest BCUT2D eigenvalue weighted by atomic mass is 32.1. The number of aromatic nitrogens is 3.